The zero-order valence-electron chi connectivity index (χ0n) is 19.1. The van der Waals surface area contributed by atoms with Gasteiger partial charge in [0.25, 0.3) is 11.8 Å². The minimum absolute atomic E-state index is 0.0494. The van der Waals surface area contributed by atoms with E-state index in [0.29, 0.717) is 28.0 Å². The third-order valence-electron chi connectivity index (χ3n) is 5.22. The van der Waals surface area contributed by atoms with Crippen molar-refractivity contribution in [2.75, 3.05) is 23.8 Å². The van der Waals surface area contributed by atoms with Crippen LogP contribution in [-0.2, 0) is 19.2 Å². The highest BCUT2D eigenvalue weighted by Gasteiger charge is 2.54. The molecular formula is C20H23N7O5S4. The van der Waals surface area contributed by atoms with Gasteiger partial charge in [-0.15, -0.1) is 33.3 Å². The molecule has 0 saturated carbocycles. The van der Waals surface area contributed by atoms with Crippen molar-refractivity contribution in [1.82, 2.24) is 25.4 Å². The number of carbonyl (C=O) groups is 3. The number of aromatic nitrogens is 3. The lowest BCUT2D eigenvalue weighted by molar-refractivity contribution is -0.150. The first kappa shape index (κ1) is 26.4. The highest BCUT2D eigenvalue weighted by Crippen LogP contribution is 2.41. The van der Waals surface area contributed by atoms with Crippen molar-refractivity contribution in [2.45, 2.75) is 41.9 Å². The van der Waals surface area contributed by atoms with Gasteiger partial charge in [0.15, 0.2) is 15.2 Å². The van der Waals surface area contributed by atoms with Gasteiger partial charge in [-0.3, -0.25) is 14.5 Å². The summed E-state index contributed by atoms with van der Waals surface area (Å²) in [6, 6.07) is -0.907. The van der Waals surface area contributed by atoms with Crippen LogP contribution < -0.4 is 11.1 Å². The van der Waals surface area contributed by atoms with Crippen LogP contribution in [-0.4, -0.2) is 78.2 Å². The van der Waals surface area contributed by atoms with Crippen LogP contribution in [0.1, 0.15) is 31.9 Å². The van der Waals surface area contributed by atoms with Crippen LogP contribution in [0.15, 0.2) is 31.7 Å². The number of β-lactam (4-membered cyclic amide) rings is 1. The second kappa shape index (κ2) is 12.0. The van der Waals surface area contributed by atoms with Gasteiger partial charge >= 0.3 is 5.97 Å². The minimum atomic E-state index is -1.19. The minimum Gasteiger partial charge on any atom is -0.477 e. The van der Waals surface area contributed by atoms with Gasteiger partial charge in [0, 0.05) is 16.9 Å². The summed E-state index contributed by atoms with van der Waals surface area (Å²) in [6.07, 6.45) is 2.76. The van der Waals surface area contributed by atoms with Gasteiger partial charge in [-0.2, -0.15) is 0 Å². The fourth-order valence-corrected chi connectivity index (χ4v) is 7.03. The molecule has 0 aromatic carbocycles. The molecule has 2 aliphatic rings. The zero-order chi connectivity index (χ0) is 25.7. The normalized spacial score (nSPS) is 19.6. The first-order valence-corrected chi connectivity index (χ1v) is 14.7. The van der Waals surface area contributed by atoms with E-state index in [9.17, 15) is 19.5 Å². The Hall–Kier alpha value is -2.69. The fraction of sp³-hybridized carbons (Fsp3) is 0.450. The summed E-state index contributed by atoms with van der Waals surface area (Å²) in [4.78, 5) is 48.8. The average Bonchev–Trinajstić information content (AvgIpc) is 3.54. The Kier molecular flexibility index (Phi) is 8.81. The average molecular weight is 570 g/mol. The number of rotatable bonds is 12. The number of fused-ring (bicyclic) bond motifs is 1. The summed E-state index contributed by atoms with van der Waals surface area (Å²) in [5.41, 5.74) is 8.03. The van der Waals surface area contributed by atoms with Crippen molar-refractivity contribution in [3.05, 3.63) is 27.9 Å². The molecule has 2 amide bonds. The first-order chi connectivity index (χ1) is 17.4. The third-order valence-corrected chi connectivity index (χ3v) is 9.18. The number of carboxylic acids is 1. The summed E-state index contributed by atoms with van der Waals surface area (Å²) >= 11 is 5.27. The maximum absolute atomic E-state index is 13.1. The predicted molar refractivity (Wildman–Crippen MR) is 139 cm³/mol. The highest BCUT2D eigenvalue weighted by atomic mass is 32.2. The topological polar surface area (TPSA) is 173 Å². The van der Waals surface area contributed by atoms with Crippen LogP contribution in [0.5, 0.6) is 0 Å². The number of nitrogens with one attached hydrogen (secondary N) is 1. The molecule has 2 aromatic heterocycles. The summed E-state index contributed by atoms with van der Waals surface area (Å²) in [5.74, 6) is -1.56. The van der Waals surface area contributed by atoms with E-state index in [1.807, 2.05) is 0 Å². The number of unbranched alkanes of at least 4 members (excludes halogenated alkanes) is 2. The molecular weight excluding hydrogens is 547 g/mol. The van der Waals surface area contributed by atoms with Gasteiger partial charge in [-0.1, -0.05) is 48.0 Å². The number of thiazole rings is 1. The highest BCUT2D eigenvalue weighted by molar-refractivity contribution is 8.01. The Labute approximate surface area is 222 Å². The number of carboxylic acid groups (broad SMARTS) is 1. The van der Waals surface area contributed by atoms with Crippen LogP contribution in [0.2, 0.25) is 0 Å². The van der Waals surface area contributed by atoms with E-state index in [1.54, 1.807) is 10.9 Å². The van der Waals surface area contributed by atoms with Crippen LogP contribution in [0.25, 0.3) is 0 Å². The largest absolute Gasteiger partial charge is 0.477 e. The van der Waals surface area contributed by atoms with Gasteiger partial charge < -0.3 is 21.0 Å². The number of hydrogen-bond donors (Lipinski definition) is 3. The number of nitrogen functional groups attached to an aromatic ring is 1. The van der Waals surface area contributed by atoms with Crippen molar-refractivity contribution in [3.8, 4) is 0 Å². The Bertz CT molecular complexity index is 1180. The molecule has 0 spiro atoms. The van der Waals surface area contributed by atoms with Crippen molar-refractivity contribution >= 4 is 74.8 Å². The second-order valence-corrected chi connectivity index (χ2v) is 11.7. The lowest BCUT2D eigenvalue weighted by Crippen LogP contribution is -2.71. The van der Waals surface area contributed by atoms with Gasteiger partial charge in [-0.05, 0) is 12.0 Å². The number of anilines is 1. The number of nitrogens with two attached hydrogens (primary N) is 1. The van der Waals surface area contributed by atoms with E-state index >= 15 is 0 Å². The Balaban J connectivity index is 1.46. The predicted octanol–water partition coefficient (Wildman–Crippen LogP) is 2.02. The summed E-state index contributed by atoms with van der Waals surface area (Å²) in [6.45, 7) is 2.40. The molecule has 12 nitrogen and oxygen atoms in total. The van der Waals surface area contributed by atoms with Crippen molar-refractivity contribution < 1.29 is 24.3 Å². The molecule has 16 heteroatoms. The molecule has 0 aliphatic carbocycles. The summed E-state index contributed by atoms with van der Waals surface area (Å²) < 4.78 is 0.714. The van der Waals surface area contributed by atoms with Gasteiger partial charge in [0.2, 0.25) is 0 Å². The molecule has 36 heavy (non-hydrogen) atoms. The van der Waals surface area contributed by atoms with Crippen LogP contribution in [0, 0.1) is 0 Å². The molecule has 1 saturated heterocycles. The number of amides is 2. The van der Waals surface area contributed by atoms with Gasteiger partial charge in [0.1, 0.15) is 34.9 Å². The number of oxime groups is 1. The lowest BCUT2D eigenvalue weighted by Gasteiger charge is -2.49. The molecule has 4 rings (SSSR count). The Morgan fingerprint density at radius 3 is 2.89 bits per heavy atom. The molecule has 4 N–H and O–H groups in total. The standard InChI is InChI=1S/C20H23N7O5S4/c1-2-3-4-5-32-26-12(11-8-34-19(21)23-11)15(28)24-13-16(29)27-14(18(30)31)10(6-33-17(13)27)7-35-20-25-22-9-36-20/h8-9,13,17H,2-7H2,1H3,(H2,21,23)(H,24,28)(H,30,31)/t13?,17-/m1/s1. The molecule has 0 bridgehead atoms. The Morgan fingerprint density at radius 1 is 1.39 bits per heavy atom. The van der Waals surface area contributed by atoms with E-state index in [1.165, 1.54) is 39.8 Å². The number of nitrogens with zero attached hydrogens (tertiary/aromatic N) is 5. The number of carbonyl (C=O) groups excluding carboxylic acids is 2. The Morgan fingerprint density at radius 2 is 2.22 bits per heavy atom. The van der Waals surface area contributed by atoms with E-state index in [0.717, 1.165) is 30.6 Å². The van der Waals surface area contributed by atoms with E-state index in [2.05, 4.69) is 32.6 Å². The van der Waals surface area contributed by atoms with Crippen molar-refractivity contribution in [3.63, 3.8) is 0 Å². The molecule has 1 fully saturated rings. The monoisotopic (exact) mass is 569 g/mol. The summed E-state index contributed by atoms with van der Waals surface area (Å²) in [5, 5.41) is 25.5. The van der Waals surface area contributed by atoms with E-state index < -0.39 is 29.2 Å². The molecule has 192 valence electrons. The van der Waals surface area contributed by atoms with Gasteiger partial charge in [-0.25, -0.2) is 9.78 Å². The molecule has 0 radical (unpaired) electrons. The molecule has 2 aromatic rings. The fourth-order valence-electron chi connectivity index (χ4n) is 3.51. The zero-order valence-corrected chi connectivity index (χ0v) is 22.3. The quantitative estimate of drug-likeness (QED) is 0.112. The van der Waals surface area contributed by atoms with E-state index in [4.69, 9.17) is 10.6 Å². The molecule has 2 atom stereocenters. The van der Waals surface area contributed by atoms with Crippen molar-refractivity contribution in [1.29, 1.82) is 0 Å². The van der Waals surface area contributed by atoms with Crippen LogP contribution in [0.4, 0.5) is 5.13 Å². The number of aliphatic carboxylic acids is 1. The maximum atomic E-state index is 13.1. The summed E-state index contributed by atoms with van der Waals surface area (Å²) in [7, 11) is 0. The number of thioether (sulfide) groups is 2. The molecule has 2 aliphatic heterocycles. The SMILES string of the molecule is CCCCCON=C(C(=O)NC1C(=O)N2C(C(=O)O)=C(CSc3nncs3)CS[C@H]12)c1csc(N)n1. The lowest BCUT2D eigenvalue weighted by atomic mass is 10.0. The van der Waals surface area contributed by atoms with Crippen molar-refractivity contribution in [2.24, 2.45) is 5.16 Å². The second-order valence-electron chi connectivity index (χ2n) is 7.66. The number of hydrogen-bond acceptors (Lipinski definition) is 13. The molecule has 1 unspecified atom stereocenters. The van der Waals surface area contributed by atoms with Crippen LogP contribution >= 0.6 is 46.2 Å². The molecule has 4 heterocycles. The maximum Gasteiger partial charge on any atom is 0.352 e. The smallest absolute Gasteiger partial charge is 0.352 e. The first-order valence-electron chi connectivity index (χ1n) is 10.9. The third kappa shape index (κ3) is 5.82. The van der Waals surface area contributed by atoms with E-state index in [-0.39, 0.29) is 22.2 Å². The van der Waals surface area contributed by atoms with Crippen LogP contribution in [0.3, 0.4) is 0 Å². The van der Waals surface area contributed by atoms with Gasteiger partial charge in [0.05, 0.1) is 0 Å².